The zero-order chi connectivity index (χ0) is 13.2. The summed E-state index contributed by atoms with van der Waals surface area (Å²) in [5.74, 6) is 0.787. The van der Waals surface area contributed by atoms with Crippen molar-refractivity contribution in [3.05, 3.63) is 34.3 Å². The van der Waals surface area contributed by atoms with Crippen LogP contribution in [0.15, 0.2) is 28.7 Å². The zero-order valence-corrected chi connectivity index (χ0v) is 12.4. The predicted molar refractivity (Wildman–Crippen MR) is 79.1 cm³/mol. The second-order valence-electron chi connectivity index (χ2n) is 5.64. The van der Waals surface area contributed by atoms with E-state index < -0.39 is 0 Å². The lowest BCUT2D eigenvalue weighted by Crippen LogP contribution is -2.45. The standard InChI is InChI=1S/C15H19BrN2O/c16-12-3-1-2-10(6-12)11-7-14(8-11)17-9-15(19)18-13-4-5-13/h1-3,6,11,13-14,17H,4-5,7-9H2,(H,18,19). The molecular weight excluding hydrogens is 304 g/mol. The quantitative estimate of drug-likeness (QED) is 0.874. The Balaban J connectivity index is 1.39. The average Bonchev–Trinajstić information content (AvgIpc) is 3.11. The van der Waals surface area contributed by atoms with Gasteiger partial charge >= 0.3 is 0 Å². The molecule has 2 N–H and O–H groups in total. The van der Waals surface area contributed by atoms with Gasteiger partial charge < -0.3 is 10.6 Å². The summed E-state index contributed by atoms with van der Waals surface area (Å²) in [6.07, 6.45) is 4.57. The average molecular weight is 323 g/mol. The lowest BCUT2D eigenvalue weighted by molar-refractivity contribution is -0.120. The number of rotatable bonds is 5. The maximum Gasteiger partial charge on any atom is 0.234 e. The van der Waals surface area contributed by atoms with Crippen molar-refractivity contribution >= 4 is 21.8 Å². The summed E-state index contributed by atoms with van der Waals surface area (Å²) in [6, 6.07) is 9.48. The van der Waals surface area contributed by atoms with Crippen molar-refractivity contribution < 1.29 is 4.79 Å². The van der Waals surface area contributed by atoms with Crippen LogP contribution in [0.25, 0.3) is 0 Å². The van der Waals surface area contributed by atoms with E-state index >= 15 is 0 Å². The van der Waals surface area contributed by atoms with Crippen molar-refractivity contribution in [3.8, 4) is 0 Å². The number of amides is 1. The second-order valence-corrected chi connectivity index (χ2v) is 6.56. The summed E-state index contributed by atoms with van der Waals surface area (Å²) in [6.45, 7) is 0.465. The van der Waals surface area contributed by atoms with Gasteiger partial charge in [0.05, 0.1) is 6.54 Å². The van der Waals surface area contributed by atoms with Crippen LogP contribution in [0.4, 0.5) is 0 Å². The Morgan fingerprint density at radius 2 is 2.05 bits per heavy atom. The molecule has 0 saturated heterocycles. The predicted octanol–water partition coefficient (Wildman–Crippen LogP) is 2.56. The molecule has 1 aromatic rings. The van der Waals surface area contributed by atoms with Crippen molar-refractivity contribution in [2.24, 2.45) is 0 Å². The third kappa shape index (κ3) is 3.57. The Bertz CT molecular complexity index is 467. The minimum Gasteiger partial charge on any atom is -0.352 e. The maximum absolute atomic E-state index is 11.6. The normalized spacial score (nSPS) is 25.7. The Hall–Kier alpha value is -0.870. The molecule has 102 valence electrons. The third-order valence-corrected chi connectivity index (χ3v) is 4.45. The molecule has 2 saturated carbocycles. The summed E-state index contributed by atoms with van der Waals surface area (Å²) in [7, 11) is 0. The number of carbonyl (C=O) groups is 1. The van der Waals surface area contributed by atoms with Gasteiger partial charge in [0, 0.05) is 16.6 Å². The molecule has 0 atom stereocenters. The minimum absolute atomic E-state index is 0.147. The lowest BCUT2D eigenvalue weighted by atomic mass is 9.76. The number of halogens is 1. The van der Waals surface area contributed by atoms with Crippen LogP contribution in [-0.4, -0.2) is 24.5 Å². The molecular formula is C15H19BrN2O. The van der Waals surface area contributed by atoms with Gasteiger partial charge in [0.15, 0.2) is 0 Å². The van der Waals surface area contributed by atoms with Crippen molar-refractivity contribution in [2.45, 2.75) is 43.7 Å². The summed E-state index contributed by atoms with van der Waals surface area (Å²) in [4.78, 5) is 11.6. The van der Waals surface area contributed by atoms with Gasteiger partial charge in [0.25, 0.3) is 0 Å². The van der Waals surface area contributed by atoms with Gasteiger partial charge in [-0.05, 0) is 49.3 Å². The van der Waals surface area contributed by atoms with E-state index in [1.807, 2.05) is 0 Å². The van der Waals surface area contributed by atoms with Gasteiger partial charge in [-0.15, -0.1) is 0 Å². The van der Waals surface area contributed by atoms with E-state index in [0.29, 0.717) is 24.5 Å². The van der Waals surface area contributed by atoms with Crippen LogP contribution >= 0.6 is 15.9 Å². The molecule has 19 heavy (non-hydrogen) atoms. The molecule has 0 bridgehead atoms. The topological polar surface area (TPSA) is 41.1 Å². The molecule has 2 fully saturated rings. The molecule has 0 heterocycles. The van der Waals surface area contributed by atoms with Crippen molar-refractivity contribution in [2.75, 3.05) is 6.54 Å². The summed E-state index contributed by atoms with van der Waals surface area (Å²) in [5, 5.41) is 6.34. The van der Waals surface area contributed by atoms with Gasteiger partial charge in [0.2, 0.25) is 5.91 Å². The fourth-order valence-corrected chi connectivity index (χ4v) is 2.98. The highest BCUT2D eigenvalue weighted by molar-refractivity contribution is 9.10. The maximum atomic E-state index is 11.6. The zero-order valence-electron chi connectivity index (χ0n) is 10.9. The number of benzene rings is 1. The molecule has 0 aliphatic heterocycles. The molecule has 0 unspecified atom stereocenters. The van der Waals surface area contributed by atoms with Crippen LogP contribution in [0.1, 0.15) is 37.2 Å². The largest absolute Gasteiger partial charge is 0.352 e. The first-order chi connectivity index (χ1) is 9.20. The molecule has 3 rings (SSSR count). The first-order valence-corrected chi connectivity index (χ1v) is 7.78. The van der Waals surface area contributed by atoms with E-state index in [4.69, 9.17) is 0 Å². The van der Waals surface area contributed by atoms with Crippen LogP contribution in [-0.2, 0) is 4.79 Å². The molecule has 2 aliphatic carbocycles. The molecule has 2 aliphatic rings. The summed E-state index contributed by atoms with van der Waals surface area (Å²) < 4.78 is 1.14. The van der Waals surface area contributed by atoms with E-state index in [9.17, 15) is 4.79 Å². The third-order valence-electron chi connectivity index (χ3n) is 3.95. The lowest BCUT2D eigenvalue weighted by Gasteiger charge is -2.36. The SMILES string of the molecule is O=C(CNC1CC(c2cccc(Br)c2)C1)NC1CC1. The summed E-state index contributed by atoms with van der Waals surface area (Å²) >= 11 is 3.51. The van der Waals surface area contributed by atoms with Crippen LogP contribution in [0.3, 0.4) is 0 Å². The molecule has 0 radical (unpaired) electrons. The van der Waals surface area contributed by atoms with Gasteiger partial charge in [-0.2, -0.15) is 0 Å². The van der Waals surface area contributed by atoms with E-state index in [1.165, 1.54) is 5.56 Å². The number of carbonyl (C=O) groups excluding carboxylic acids is 1. The van der Waals surface area contributed by atoms with Crippen molar-refractivity contribution in [1.82, 2.24) is 10.6 Å². The fourth-order valence-electron chi connectivity index (χ4n) is 2.56. The van der Waals surface area contributed by atoms with Gasteiger partial charge in [-0.25, -0.2) is 0 Å². The Labute approximate surface area is 122 Å². The molecule has 3 nitrogen and oxygen atoms in total. The van der Waals surface area contributed by atoms with Gasteiger partial charge in [-0.1, -0.05) is 28.1 Å². The first kappa shape index (κ1) is 13.1. The van der Waals surface area contributed by atoms with E-state index in [2.05, 4.69) is 50.8 Å². The fraction of sp³-hybridized carbons (Fsp3) is 0.533. The highest BCUT2D eigenvalue weighted by Crippen LogP contribution is 2.37. The number of nitrogens with one attached hydrogen (secondary N) is 2. The van der Waals surface area contributed by atoms with Crippen LogP contribution in [0.2, 0.25) is 0 Å². The highest BCUT2D eigenvalue weighted by atomic mass is 79.9. The number of hydrogen-bond donors (Lipinski definition) is 2. The van der Waals surface area contributed by atoms with Crippen LogP contribution < -0.4 is 10.6 Å². The van der Waals surface area contributed by atoms with Crippen LogP contribution in [0.5, 0.6) is 0 Å². The summed E-state index contributed by atoms with van der Waals surface area (Å²) in [5.41, 5.74) is 1.40. The molecule has 0 aromatic heterocycles. The van der Waals surface area contributed by atoms with E-state index in [0.717, 1.165) is 30.2 Å². The second kappa shape index (κ2) is 5.63. The molecule has 4 heteroatoms. The molecule has 1 amide bonds. The Morgan fingerprint density at radius 3 is 2.74 bits per heavy atom. The van der Waals surface area contributed by atoms with Gasteiger partial charge in [0.1, 0.15) is 0 Å². The van der Waals surface area contributed by atoms with Crippen molar-refractivity contribution in [1.29, 1.82) is 0 Å². The smallest absolute Gasteiger partial charge is 0.234 e. The number of hydrogen-bond acceptors (Lipinski definition) is 2. The first-order valence-electron chi connectivity index (χ1n) is 6.99. The van der Waals surface area contributed by atoms with Gasteiger partial charge in [-0.3, -0.25) is 4.79 Å². The molecule has 1 aromatic carbocycles. The van der Waals surface area contributed by atoms with Crippen LogP contribution in [0, 0.1) is 0 Å². The van der Waals surface area contributed by atoms with E-state index in [-0.39, 0.29) is 5.91 Å². The Morgan fingerprint density at radius 1 is 1.26 bits per heavy atom. The van der Waals surface area contributed by atoms with Crippen molar-refractivity contribution in [3.63, 3.8) is 0 Å². The molecule has 0 spiro atoms. The minimum atomic E-state index is 0.147. The monoisotopic (exact) mass is 322 g/mol. The van der Waals surface area contributed by atoms with E-state index in [1.54, 1.807) is 0 Å². The Kier molecular flexibility index (Phi) is 3.89. The highest BCUT2D eigenvalue weighted by Gasteiger charge is 2.30.